The molecule has 0 atom stereocenters. The van der Waals surface area contributed by atoms with Crippen molar-refractivity contribution in [2.45, 2.75) is 6.54 Å². The molecule has 0 aliphatic carbocycles. The van der Waals surface area contributed by atoms with E-state index >= 15 is 0 Å². The Morgan fingerprint density at radius 2 is 1.85 bits per heavy atom. The molecular formula is C18H13F2N5O. The summed E-state index contributed by atoms with van der Waals surface area (Å²) in [6, 6.07) is 10.3. The molecule has 0 saturated carbocycles. The van der Waals surface area contributed by atoms with Crippen LogP contribution in [-0.4, -0.2) is 24.5 Å². The summed E-state index contributed by atoms with van der Waals surface area (Å²) in [4.78, 5) is 12.5. The highest BCUT2D eigenvalue weighted by molar-refractivity contribution is 5.62. The van der Waals surface area contributed by atoms with E-state index in [4.69, 9.17) is 0 Å². The maximum atomic E-state index is 13.8. The number of hydrogen-bond donors (Lipinski definition) is 1. The average molecular weight is 353 g/mol. The van der Waals surface area contributed by atoms with E-state index in [2.05, 4.69) is 15.3 Å². The summed E-state index contributed by atoms with van der Waals surface area (Å²) in [5.41, 5.74) is 2.08. The first-order valence-electron chi connectivity index (χ1n) is 7.80. The van der Waals surface area contributed by atoms with Crippen LogP contribution in [0.4, 0.5) is 8.78 Å². The van der Waals surface area contributed by atoms with E-state index in [0.717, 1.165) is 29.3 Å². The first kappa shape index (κ1) is 15.9. The lowest BCUT2D eigenvalue weighted by molar-refractivity contribution is 0.574. The Labute approximate surface area is 146 Å². The minimum Gasteiger partial charge on any atom is -0.285 e. The predicted molar refractivity (Wildman–Crippen MR) is 90.9 cm³/mol. The van der Waals surface area contributed by atoms with Gasteiger partial charge in [0.2, 0.25) is 0 Å². The number of H-pyrrole nitrogens is 1. The fourth-order valence-electron chi connectivity index (χ4n) is 2.67. The maximum Gasteiger partial charge on any atom is 0.350 e. The molecule has 2 aromatic carbocycles. The monoisotopic (exact) mass is 353 g/mol. The van der Waals surface area contributed by atoms with Crippen molar-refractivity contribution < 1.29 is 8.78 Å². The van der Waals surface area contributed by atoms with E-state index in [9.17, 15) is 13.6 Å². The Bertz CT molecular complexity index is 1100. The molecular weight excluding hydrogens is 340 g/mol. The van der Waals surface area contributed by atoms with Crippen LogP contribution >= 0.6 is 0 Å². The van der Waals surface area contributed by atoms with Gasteiger partial charge in [0.15, 0.2) is 0 Å². The summed E-state index contributed by atoms with van der Waals surface area (Å²) in [6.07, 6.45) is 4.77. The molecule has 2 aromatic heterocycles. The van der Waals surface area contributed by atoms with Crippen molar-refractivity contribution >= 4 is 0 Å². The van der Waals surface area contributed by atoms with E-state index in [0.29, 0.717) is 5.69 Å². The molecule has 0 fully saturated rings. The van der Waals surface area contributed by atoms with Gasteiger partial charge >= 0.3 is 5.69 Å². The van der Waals surface area contributed by atoms with E-state index < -0.39 is 17.3 Å². The summed E-state index contributed by atoms with van der Waals surface area (Å²) in [5.74, 6) is -1.13. The van der Waals surface area contributed by atoms with Gasteiger partial charge in [-0.15, -0.1) is 0 Å². The maximum absolute atomic E-state index is 13.8. The molecule has 0 aliphatic heterocycles. The number of halogens is 2. The van der Waals surface area contributed by atoms with Crippen LogP contribution in [0.5, 0.6) is 0 Å². The van der Waals surface area contributed by atoms with E-state index in [1.54, 1.807) is 24.5 Å². The molecule has 130 valence electrons. The van der Waals surface area contributed by atoms with Gasteiger partial charge in [-0.05, 0) is 35.9 Å². The molecule has 0 saturated heterocycles. The number of nitrogens with zero attached hydrogens (tertiary/aromatic N) is 4. The molecule has 4 rings (SSSR count). The molecule has 0 radical (unpaired) electrons. The first-order valence-corrected chi connectivity index (χ1v) is 7.80. The average Bonchev–Trinajstić information content (AvgIpc) is 3.29. The Morgan fingerprint density at radius 3 is 2.58 bits per heavy atom. The van der Waals surface area contributed by atoms with Crippen molar-refractivity contribution in [1.82, 2.24) is 24.5 Å². The van der Waals surface area contributed by atoms with Gasteiger partial charge in [0.05, 0.1) is 18.4 Å². The first-order chi connectivity index (χ1) is 12.6. The number of aromatic amines is 1. The van der Waals surface area contributed by atoms with Crippen molar-refractivity contribution in [2.24, 2.45) is 0 Å². The lowest BCUT2D eigenvalue weighted by Crippen LogP contribution is -2.24. The van der Waals surface area contributed by atoms with Crippen molar-refractivity contribution in [1.29, 1.82) is 0 Å². The molecule has 26 heavy (non-hydrogen) atoms. The van der Waals surface area contributed by atoms with Gasteiger partial charge in [-0.1, -0.05) is 12.1 Å². The molecule has 4 aromatic rings. The number of hydrogen-bond acceptors (Lipinski definition) is 3. The number of nitrogens with one attached hydrogen (secondary N) is 1. The highest BCUT2D eigenvalue weighted by Gasteiger charge is 2.11. The van der Waals surface area contributed by atoms with Crippen molar-refractivity contribution in [3.05, 3.63) is 88.9 Å². The third-order valence-corrected chi connectivity index (χ3v) is 4.03. The van der Waals surface area contributed by atoms with Crippen LogP contribution in [0.25, 0.3) is 16.8 Å². The van der Waals surface area contributed by atoms with Crippen molar-refractivity contribution in [3.8, 4) is 16.8 Å². The topological polar surface area (TPSA) is 68.5 Å². The molecule has 0 bridgehead atoms. The molecule has 0 amide bonds. The molecule has 2 heterocycles. The standard InChI is InChI=1S/C18H13F2N5O/c19-15-3-6-17(20)13(7-15)10-24-11-23-25(18(24)26)16-4-1-12(2-5-16)14-8-21-22-9-14/h1-9,11H,10H2,(H,21,22). The Kier molecular flexibility index (Phi) is 3.92. The Hall–Kier alpha value is -3.55. The van der Waals surface area contributed by atoms with Gasteiger partial charge in [0.25, 0.3) is 0 Å². The predicted octanol–water partition coefficient (Wildman–Crippen LogP) is 2.75. The van der Waals surface area contributed by atoms with Crippen LogP contribution in [0, 0.1) is 11.6 Å². The largest absolute Gasteiger partial charge is 0.350 e. The fraction of sp³-hybridized carbons (Fsp3) is 0.0556. The highest BCUT2D eigenvalue weighted by atomic mass is 19.1. The van der Waals surface area contributed by atoms with Crippen LogP contribution in [0.2, 0.25) is 0 Å². The number of aromatic nitrogens is 5. The Morgan fingerprint density at radius 1 is 1.04 bits per heavy atom. The van der Waals surface area contributed by atoms with Gasteiger partial charge in [-0.2, -0.15) is 14.9 Å². The molecule has 8 heteroatoms. The zero-order chi connectivity index (χ0) is 18.1. The zero-order valence-electron chi connectivity index (χ0n) is 13.4. The normalized spacial score (nSPS) is 11.0. The quantitative estimate of drug-likeness (QED) is 0.613. The summed E-state index contributed by atoms with van der Waals surface area (Å²) in [5, 5.41) is 10.7. The Balaban J connectivity index is 1.63. The van der Waals surface area contributed by atoms with Gasteiger partial charge in [-0.25, -0.2) is 13.6 Å². The summed E-state index contributed by atoms with van der Waals surface area (Å²) < 4.78 is 29.5. The summed E-state index contributed by atoms with van der Waals surface area (Å²) >= 11 is 0. The summed E-state index contributed by atoms with van der Waals surface area (Å²) in [7, 11) is 0. The van der Waals surface area contributed by atoms with Crippen molar-refractivity contribution in [2.75, 3.05) is 0 Å². The fourth-order valence-corrected chi connectivity index (χ4v) is 2.67. The van der Waals surface area contributed by atoms with E-state index in [1.807, 2.05) is 12.1 Å². The molecule has 1 N–H and O–H groups in total. The van der Waals surface area contributed by atoms with E-state index in [-0.39, 0.29) is 12.1 Å². The van der Waals surface area contributed by atoms with Crippen LogP contribution in [0.1, 0.15) is 5.56 Å². The summed E-state index contributed by atoms with van der Waals surface area (Å²) in [6.45, 7) is -0.102. The van der Waals surface area contributed by atoms with Crippen molar-refractivity contribution in [3.63, 3.8) is 0 Å². The van der Waals surface area contributed by atoms with Gasteiger partial charge in [-0.3, -0.25) is 9.67 Å². The third-order valence-electron chi connectivity index (χ3n) is 4.03. The molecule has 0 spiro atoms. The van der Waals surface area contributed by atoms with Crippen LogP contribution < -0.4 is 5.69 Å². The SMILES string of the molecule is O=c1n(Cc2cc(F)ccc2F)cnn1-c1ccc(-c2cn[nH]c2)cc1. The van der Waals surface area contributed by atoms with Gasteiger partial charge < -0.3 is 0 Å². The number of rotatable bonds is 4. The third kappa shape index (κ3) is 2.92. The lowest BCUT2D eigenvalue weighted by Gasteiger charge is -2.04. The van der Waals surface area contributed by atoms with E-state index in [1.165, 1.54) is 15.6 Å². The minimum atomic E-state index is -0.574. The minimum absolute atomic E-state index is 0.0851. The second-order valence-corrected chi connectivity index (χ2v) is 5.72. The molecule has 0 aliphatic rings. The lowest BCUT2D eigenvalue weighted by atomic mass is 10.1. The smallest absolute Gasteiger partial charge is 0.285 e. The highest BCUT2D eigenvalue weighted by Crippen LogP contribution is 2.19. The second-order valence-electron chi connectivity index (χ2n) is 5.72. The second kappa shape index (κ2) is 6.40. The molecule has 0 unspecified atom stereocenters. The van der Waals surface area contributed by atoms with Crippen LogP contribution in [-0.2, 0) is 6.54 Å². The zero-order valence-corrected chi connectivity index (χ0v) is 13.4. The van der Waals surface area contributed by atoms with Crippen LogP contribution in [0.15, 0.2) is 66.0 Å². The van der Waals surface area contributed by atoms with Crippen LogP contribution in [0.3, 0.4) is 0 Å². The van der Waals surface area contributed by atoms with Gasteiger partial charge in [0, 0.05) is 17.3 Å². The molecule has 6 nitrogen and oxygen atoms in total. The van der Waals surface area contributed by atoms with Gasteiger partial charge in [0.1, 0.15) is 18.0 Å². The number of benzene rings is 2.